The second-order valence-corrected chi connectivity index (χ2v) is 5.42. The lowest BCUT2D eigenvalue weighted by Gasteiger charge is -2.00. The van der Waals surface area contributed by atoms with Gasteiger partial charge in [0.15, 0.2) is 5.78 Å². The predicted molar refractivity (Wildman–Crippen MR) is 76.3 cm³/mol. The molecule has 0 amide bonds. The highest BCUT2D eigenvalue weighted by atomic mass is 32.1. The van der Waals surface area contributed by atoms with E-state index in [-0.39, 0.29) is 18.0 Å². The summed E-state index contributed by atoms with van der Waals surface area (Å²) in [6, 6.07) is 16.1. The van der Waals surface area contributed by atoms with E-state index in [0.717, 1.165) is 10.1 Å². The quantitative estimate of drug-likeness (QED) is 0.642. The number of halogens is 1. The maximum absolute atomic E-state index is 13.5. The molecule has 0 N–H and O–H groups in total. The zero-order valence-electron chi connectivity index (χ0n) is 10.1. The van der Waals surface area contributed by atoms with Gasteiger partial charge in [0.2, 0.25) is 0 Å². The molecule has 0 aliphatic heterocycles. The first-order chi connectivity index (χ1) is 9.24. The first-order valence-electron chi connectivity index (χ1n) is 5.99. The molecule has 3 heteroatoms. The van der Waals surface area contributed by atoms with Gasteiger partial charge in [0.25, 0.3) is 0 Å². The van der Waals surface area contributed by atoms with Gasteiger partial charge in [-0.15, -0.1) is 11.3 Å². The molecule has 0 aliphatic carbocycles. The van der Waals surface area contributed by atoms with Crippen molar-refractivity contribution in [2.45, 2.75) is 6.42 Å². The first-order valence-corrected chi connectivity index (χ1v) is 6.81. The molecule has 0 spiro atoms. The van der Waals surface area contributed by atoms with E-state index < -0.39 is 0 Å². The van der Waals surface area contributed by atoms with Crippen molar-refractivity contribution in [2.24, 2.45) is 0 Å². The molecule has 1 heterocycles. The van der Waals surface area contributed by atoms with Gasteiger partial charge in [0, 0.05) is 11.1 Å². The van der Waals surface area contributed by atoms with Crippen LogP contribution in [-0.2, 0) is 6.42 Å². The Morgan fingerprint density at radius 3 is 2.58 bits per heavy atom. The topological polar surface area (TPSA) is 17.1 Å². The number of hydrogen-bond donors (Lipinski definition) is 0. The van der Waals surface area contributed by atoms with Crippen LogP contribution in [0.15, 0.2) is 54.6 Å². The van der Waals surface area contributed by atoms with Gasteiger partial charge >= 0.3 is 0 Å². The van der Waals surface area contributed by atoms with Crippen LogP contribution in [0.3, 0.4) is 0 Å². The summed E-state index contributed by atoms with van der Waals surface area (Å²) in [5.74, 6) is -0.358. The maximum atomic E-state index is 13.5. The average Bonchev–Trinajstić information content (AvgIpc) is 2.85. The minimum atomic E-state index is -0.322. The van der Waals surface area contributed by atoms with Gasteiger partial charge in [-0.05, 0) is 29.1 Å². The number of fused-ring (bicyclic) bond motifs is 1. The van der Waals surface area contributed by atoms with E-state index in [1.165, 1.54) is 17.4 Å². The molecule has 3 rings (SSSR count). The second-order valence-electron chi connectivity index (χ2n) is 4.34. The monoisotopic (exact) mass is 270 g/mol. The lowest BCUT2D eigenvalue weighted by molar-refractivity contribution is 0.0995. The van der Waals surface area contributed by atoms with Crippen molar-refractivity contribution in [1.82, 2.24) is 0 Å². The van der Waals surface area contributed by atoms with E-state index in [1.54, 1.807) is 18.2 Å². The molecule has 94 valence electrons. The molecule has 0 radical (unpaired) electrons. The summed E-state index contributed by atoms with van der Waals surface area (Å²) in [6.07, 6.45) is 0.111. The Labute approximate surface area is 114 Å². The minimum Gasteiger partial charge on any atom is -0.293 e. The molecule has 1 nitrogen and oxygen atoms in total. The van der Waals surface area contributed by atoms with Crippen molar-refractivity contribution < 1.29 is 9.18 Å². The Morgan fingerprint density at radius 2 is 1.79 bits per heavy atom. The van der Waals surface area contributed by atoms with E-state index in [1.807, 2.05) is 30.3 Å². The summed E-state index contributed by atoms with van der Waals surface area (Å²) < 4.78 is 14.6. The number of carbonyl (C=O) groups excluding carboxylic acids is 1. The molecule has 19 heavy (non-hydrogen) atoms. The molecule has 0 unspecified atom stereocenters. The summed E-state index contributed by atoms with van der Waals surface area (Å²) >= 11 is 1.46. The molecule has 0 atom stereocenters. The molecule has 3 aromatic rings. The van der Waals surface area contributed by atoms with Crippen LogP contribution in [0.1, 0.15) is 15.2 Å². The summed E-state index contributed by atoms with van der Waals surface area (Å²) in [7, 11) is 0. The van der Waals surface area contributed by atoms with Crippen LogP contribution in [0, 0.1) is 5.82 Å². The Hall–Kier alpha value is -2.00. The van der Waals surface area contributed by atoms with E-state index in [0.29, 0.717) is 10.4 Å². The standard InChI is InChI=1S/C16H11FOS/c17-13-7-3-1-5-11(13)9-14(18)16-10-12-6-2-4-8-15(12)19-16/h1-8,10H,9H2. The van der Waals surface area contributed by atoms with Gasteiger partial charge in [-0.3, -0.25) is 4.79 Å². The van der Waals surface area contributed by atoms with Gasteiger partial charge in [-0.1, -0.05) is 36.4 Å². The Kier molecular flexibility index (Phi) is 3.13. The van der Waals surface area contributed by atoms with E-state index in [9.17, 15) is 9.18 Å². The van der Waals surface area contributed by atoms with E-state index in [2.05, 4.69) is 0 Å². The molecule has 0 saturated carbocycles. The lowest BCUT2D eigenvalue weighted by Crippen LogP contribution is -2.02. The van der Waals surface area contributed by atoms with Gasteiger partial charge in [-0.2, -0.15) is 0 Å². The van der Waals surface area contributed by atoms with Gasteiger partial charge in [-0.25, -0.2) is 4.39 Å². The van der Waals surface area contributed by atoms with Crippen LogP contribution in [0.2, 0.25) is 0 Å². The average molecular weight is 270 g/mol. The molecule has 0 bridgehead atoms. The summed E-state index contributed by atoms with van der Waals surface area (Å²) in [4.78, 5) is 12.9. The minimum absolute atomic E-state index is 0.0358. The highest BCUT2D eigenvalue weighted by Crippen LogP contribution is 2.26. The third-order valence-electron chi connectivity index (χ3n) is 3.01. The van der Waals surface area contributed by atoms with Crippen LogP contribution >= 0.6 is 11.3 Å². The van der Waals surface area contributed by atoms with Crippen molar-refractivity contribution in [3.63, 3.8) is 0 Å². The number of hydrogen-bond acceptors (Lipinski definition) is 2. The Bertz CT molecular complexity index is 712. The third-order valence-corrected chi connectivity index (χ3v) is 4.17. The molecular weight excluding hydrogens is 259 g/mol. The van der Waals surface area contributed by atoms with Crippen molar-refractivity contribution >= 4 is 27.2 Å². The van der Waals surface area contributed by atoms with E-state index >= 15 is 0 Å². The fourth-order valence-corrected chi connectivity index (χ4v) is 3.02. The fourth-order valence-electron chi connectivity index (χ4n) is 2.02. The van der Waals surface area contributed by atoms with Crippen molar-refractivity contribution in [3.05, 3.63) is 70.9 Å². The zero-order valence-corrected chi connectivity index (χ0v) is 10.9. The first kappa shape index (κ1) is 12.1. The van der Waals surface area contributed by atoms with Crippen LogP contribution < -0.4 is 0 Å². The van der Waals surface area contributed by atoms with Gasteiger partial charge < -0.3 is 0 Å². The van der Waals surface area contributed by atoms with Crippen LogP contribution in [0.5, 0.6) is 0 Å². The fraction of sp³-hybridized carbons (Fsp3) is 0.0625. The number of ketones is 1. The second kappa shape index (κ2) is 4.94. The lowest BCUT2D eigenvalue weighted by atomic mass is 10.1. The van der Waals surface area contributed by atoms with Gasteiger partial charge in [0.05, 0.1) is 4.88 Å². The highest BCUT2D eigenvalue weighted by Gasteiger charge is 2.12. The van der Waals surface area contributed by atoms with Crippen LogP contribution in [0.25, 0.3) is 10.1 Å². The Balaban J connectivity index is 1.90. The summed E-state index contributed by atoms with van der Waals surface area (Å²) in [6.45, 7) is 0. The molecule has 0 fully saturated rings. The summed E-state index contributed by atoms with van der Waals surface area (Å²) in [5.41, 5.74) is 0.449. The number of rotatable bonds is 3. The smallest absolute Gasteiger partial charge is 0.177 e. The number of Topliss-reactive ketones (excluding diaryl/α,β-unsaturated/α-hetero) is 1. The number of thiophene rings is 1. The molecule has 0 aliphatic rings. The number of carbonyl (C=O) groups is 1. The molecular formula is C16H11FOS. The van der Waals surface area contributed by atoms with Crippen LogP contribution in [0.4, 0.5) is 4.39 Å². The van der Waals surface area contributed by atoms with Crippen LogP contribution in [-0.4, -0.2) is 5.78 Å². The third kappa shape index (κ3) is 2.42. The van der Waals surface area contributed by atoms with Crippen molar-refractivity contribution in [1.29, 1.82) is 0 Å². The van der Waals surface area contributed by atoms with Gasteiger partial charge in [0.1, 0.15) is 5.82 Å². The van der Waals surface area contributed by atoms with Crippen molar-refractivity contribution in [3.8, 4) is 0 Å². The van der Waals surface area contributed by atoms with Crippen molar-refractivity contribution in [2.75, 3.05) is 0 Å². The number of benzene rings is 2. The molecule has 0 saturated heterocycles. The SMILES string of the molecule is O=C(Cc1ccccc1F)c1cc2ccccc2s1. The summed E-state index contributed by atoms with van der Waals surface area (Å²) in [5, 5.41) is 1.06. The largest absolute Gasteiger partial charge is 0.293 e. The van der Waals surface area contributed by atoms with E-state index in [4.69, 9.17) is 0 Å². The maximum Gasteiger partial charge on any atom is 0.177 e. The Morgan fingerprint density at radius 1 is 1.05 bits per heavy atom. The highest BCUT2D eigenvalue weighted by molar-refractivity contribution is 7.20. The molecule has 2 aromatic carbocycles. The zero-order chi connectivity index (χ0) is 13.2. The predicted octanol–water partition coefficient (Wildman–Crippen LogP) is 4.47. The normalized spacial score (nSPS) is 10.8. The molecule has 1 aromatic heterocycles.